The van der Waals surface area contributed by atoms with E-state index in [0.29, 0.717) is 6.04 Å². The first-order valence-corrected chi connectivity index (χ1v) is 9.18. The third-order valence-electron chi connectivity index (χ3n) is 5.84. The summed E-state index contributed by atoms with van der Waals surface area (Å²) in [7, 11) is 1.68. The number of nitrogen functional groups attached to an aromatic ring is 1. The van der Waals surface area contributed by atoms with Gasteiger partial charge in [0.05, 0.1) is 18.3 Å². The normalized spacial score (nSPS) is 17.3. The number of benzene rings is 1. The van der Waals surface area contributed by atoms with Crippen LogP contribution in [0.5, 0.6) is 5.75 Å². The quantitative estimate of drug-likeness (QED) is 0.782. The summed E-state index contributed by atoms with van der Waals surface area (Å²) in [6.07, 6.45) is 7.51. The van der Waals surface area contributed by atoms with Crippen molar-refractivity contribution in [2.75, 3.05) is 12.8 Å². The molecule has 2 aliphatic rings. The van der Waals surface area contributed by atoms with Crippen molar-refractivity contribution >= 4 is 16.6 Å². The van der Waals surface area contributed by atoms with Crippen molar-refractivity contribution in [2.24, 2.45) is 0 Å². The lowest BCUT2D eigenvalue weighted by molar-refractivity contribution is 0.126. The highest BCUT2D eigenvalue weighted by atomic mass is 16.5. The molecule has 3 aromatic rings. The predicted octanol–water partition coefficient (Wildman–Crippen LogP) is 3.76. The van der Waals surface area contributed by atoms with E-state index >= 15 is 0 Å². The maximum absolute atomic E-state index is 6.60. The van der Waals surface area contributed by atoms with Gasteiger partial charge in [0, 0.05) is 59.3 Å². The molecule has 132 valence electrons. The number of hydrogen-bond acceptors (Lipinski definition) is 5. The Kier molecular flexibility index (Phi) is 3.57. The van der Waals surface area contributed by atoms with Crippen molar-refractivity contribution < 1.29 is 4.74 Å². The van der Waals surface area contributed by atoms with E-state index in [1.165, 1.54) is 24.8 Å². The van der Waals surface area contributed by atoms with E-state index in [-0.39, 0.29) is 0 Å². The van der Waals surface area contributed by atoms with Crippen molar-refractivity contribution in [1.29, 1.82) is 0 Å². The molecule has 0 radical (unpaired) electrons. The Morgan fingerprint density at radius 1 is 1.15 bits per heavy atom. The number of rotatable bonds is 3. The molecule has 5 rings (SSSR count). The van der Waals surface area contributed by atoms with E-state index in [1.54, 1.807) is 13.3 Å². The Balaban J connectivity index is 1.68. The van der Waals surface area contributed by atoms with Gasteiger partial charge in [0.25, 0.3) is 0 Å². The molecule has 1 fully saturated rings. The molecule has 1 saturated carbocycles. The molecule has 1 aliphatic heterocycles. The van der Waals surface area contributed by atoms with Crippen LogP contribution in [-0.2, 0) is 13.1 Å². The van der Waals surface area contributed by atoms with Gasteiger partial charge in [-0.15, -0.1) is 0 Å². The van der Waals surface area contributed by atoms with E-state index in [0.717, 1.165) is 52.3 Å². The minimum absolute atomic E-state index is 0.699. The molecule has 26 heavy (non-hydrogen) atoms. The predicted molar refractivity (Wildman–Crippen MR) is 103 cm³/mol. The number of methoxy groups -OCH3 is 1. The largest absolute Gasteiger partial charge is 0.496 e. The fraction of sp³-hybridized carbons (Fsp3) is 0.333. The molecule has 2 N–H and O–H groups in total. The summed E-state index contributed by atoms with van der Waals surface area (Å²) in [5.41, 5.74) is 12.7. The van der Waals surface area contributed by atoms with Gasteiger partial charge in [-0.2, -0.15) is 0 Å². The molecular weight excluding hydrogens is 324 g/mol. The van der Waals surface area contributed by atoms with Crippen molar-refractivity contribution in [3.8, 4) is 16.9 Å². The minimum atomic E-state index is 0.699. The Bertz CT molecular complexity index is 997. The van der Waals surface area contributed by atoms with Gasteiger partial charge in [-0.3, -0.25) is 14.9 Å². The molecule has 0 unspecified atom stereocenters. The molecule has 5 nitrogen and oxygen atoms in total. The lowest BCUT2D eigenvalue weighted by Gasteiger charge is -2.34. The summed E-state index contributed by atoms with van der Waals surface area (Å²) in [5.74, 6) is 0.796. The number of hydrogen-bond donors (Lipinski definition) is 1. The van der Waals surface area contributed by atoms with Crippen molar-refractivity contribution in [3.63, 3.8) is 0 Å². The van der Waals surface area contributed by atoms with Gasteiger partial charge in [0.2, 0.25) is 0 Å². The average molecular weight is 346 g/mol. The van der Waals surface area contributed by atoms with Crippen molar-refractivity contribution in [1.82, 2.24) is 14.9 Å². The van der Waals surface area contributed by atoms with E-state index < -0.39 is 0 Å². The third kappa shape index (κ3) is 2.27. The van der Waals surface area contributed by atoms with Crippen molar-refractivity contribution in [2.45, 2.75) is 38.4 Å². The van der Waals surface area contributed by atoms with Crippen LogP contribution in [0.4, 0.5) is 5.69 Å². The van der Waals surface area contributed by atoms with Crippen LogP contribution in [-0.4, -0.2) is 28.0 Å². The lowest BCUT2D eigenvalue weighted by atomic mass is 9.92. The first-order valence-electron chi connectivity index (χ1n) is 9.18. The summed E-state index contributed by atoms with van der Waals surface area (Å²) in [6.45, 7) is 1.83. The second-order valence-electron chi connectivity index (χ2n) is 7.22. The fourth-order valence-corrected chi connectivity index (χ4v) is 4.15. The summed E-state index contributed by atoms with van der Waals surface area (Å²) in [5, 5.41) is 1.02. The van der Waals surface area contributed by atoms with Crippen LogP contribution in [0.1, 0.15) is 30.5 Å². The molecule has 2 aromatic heterocycles. The van der Waals surface area contributed by atoms with Crippen LogP contribution in [0.3, 0.4) is 0 Å². The molecule has 0 spiro atoms. The first kappa shape index (κ1) is 15.6. The van der Waals surface area contributed by atoms with E-state index in [4.69, 9.17) is 15.5 Å². The van der Waals surface area contributed by atoms with Crippen LogP contribution in [0.2, 0.25) is 0 Å². The number of anilines is 1. The summed E-state index contributed by atoms with van der Waals surface area (Å²) in [6, 6.07) is 8.75. The zero-order chi connectivity index (χ0) is 17.7. The number of fused-ring (bicyclic) bond motifs is 2. The van der Waals surface area contributed by atoms with Crippen LogP contribution in [0, 0.1) is 0 Å². The maximum Gasteiger partial charge on any atom is 0.129 e. The number of aromatic nitrogens is 2. The topological polar surface area (TPSA) is 64.3 Å². The molecule has 0 saturated heterocycles. The standard InChI is InChI=1S/C21H22N4O/c1-26-19-8-9-23-10-16(19)14-6-3-7-15-20(22)17-11-25(13-4-2-5-13)12-18(17)24-21(14)15/h3,6-10,13H,2,4-5,11-12H2,1H3,(H2,22,24). The Morgan fingerprint density at radius 3 is 2.81 bits per heavy atom. The lowest BCUT2D eigenvalue weighted by Crippen LogP contribution is -2.36. The van der Waals surface area contributed by atoms with Crippen LogP contribution in [0.25, 0.3) is 22.0 Å². The molecular formula is C21H22N4O. The van der Waals surface area contributed by atoms with Gasteiger partial charge in [0.15, 0.2) is 0 Å². The van der Waals surface area contributed by atoms with E-state index in [9.17, 15) is 0 Å². The molecule has 0 amide bonds. The van der Waals surface area contributed by atoms with Gasteiger partial charge >= 0.3 is 0 Å². The van der Waals surface area contributed by atoms with Crippen LogP contribution < -0.4 is 10.5 Å². The molecule has 1 aliphatic carbocycles. The maximum atomic E-state index is 6.60. The Labute approximate surface area is 152 Å². The second-order valence-corrected chi connectivity index (χ2v) is 7.22. The SMILES string of the molecule is COc1ccncc1-c1cccc2c(N)c3c(nc12)CN(C1CCC1)C3. The molecule has 0 atom stereocenters. The molecule has 5 heteroatoms. The fourth-order valence-electron chi connectivity index (χ4n) is 4.15. The van der Waals surface area contributed by atoms with Gasteiger partial charge in [0.1, 0.15) is 5.75 Å². The summed E-state index contributed by atoms with van der Waals surface area (Å²) >= 11 is 0. The summed E-state index contributed by atoms with van der Waals surface area (Å²) < 4.78 is 5.53. The van der Waals surface area contributed by atoms with Gasteiger partial charge in [-0.1, -0.05) is 24.6 Å². The number of ether oxygens (including phenoxy) is 1. The van der Waals surface area contributed by atoms with Gasteiger partial charge in [-0.05, 0) is 18.9 Å². The number of nitrogens with two attached hydrogens (primary N) is 1. The Morgan fingerprint density at radius 2 is 2.04 bits per heavy atom. The van der Waals surface area contributed by atoms with Crippen LogP contribution in [0.15, 0.2) is 36.7 Å². The Hall–Kier alpha value is -2.66. The van der Waals surface area contributed by atoms with Crippen LogP contribution >= 0.6 is 0 Å². The third-order valence-corrected chi connectivity index (χ3v) is 5.84. The highest BCUT2D eigenvalue weighted by molar-refractivity contribution is 6.01. The number of pyridine rings is 2. The van der Waals surface area contributed by atoms with E-state index in [2.05, 4.69) is 22.0 Å². The van der Waals surface area contributed by atoms with Gasteiger partial charge < -0.3 is 10.5 Å². The smallest absolute Gasteiger partial charge is 0.129 e. The number of nitrogens with zero attached hydrogens (tertiary/aromatic N) is 3. The summed E-state index contributed by atoms with van der Waals surface area (Å²) in [4.78, 5) is 11.9. The average Bonchev–Trinajstić information content (AvgIpc) is 3.03. The zero-order valence-electron chi connectivity index (χ0n) is 14.9. The number of para-hydroxylation sites is 1. The van der Waals surface area contributed by atoms with E-state index in [1.807, 2.05) is 18.3 Å². The first-order chi connectivity index (χ1) is 12.8. The van der Waals surface area contributed by atoms with Crippen molar-refractivity contribution in [3.05, 3.63) is 47.9 Å². The minimum Gasteiger partial charge on any atom is -0.496 e. The monoisotopic (exact) mass is 346 g/mol. The molecule has 3 heterocycles. The highest BCUT2D eigenvalue weighted by Gasteiger charge is 2.32. The second kappa shape index (κ2) is 5.95. The highest BCUT2D eigenvalue weighted by Crippen LogP contribution is 2.40. The zero-order valence-corrected chi connectivity index (χ0v) is 14.9. The molecule has 1 aromatic carbocycles. The molecule has 0 bridgehead atoms. The van der Waals surface area contributed by atoms with Gasteiger partial charge in [-0.25, -0.2) is 0 Å².